The maximum Gasteiger partial charge on any atom is 0.404 e. The highest BCUT2D eigenvalue weighted by molar-refractivity contribution is 6.05. The average Bonchev–Trinajstić information content (AvgIpc) is 3.16. The second-order valence-electron chi connectivity index (χ2n) is 6.30. The highest BCUT2D eigenvalue weighted by Gasteiger charge is 2.13. The van der Waals surface area contributed by atoms with Crippen LogP contribution in [0.5, 0.6) is 11.5 Å². The van der Waals surface area contributed by atoms with Gasteiger partial charge in [0, 0.05) is 41.5 Å². The van der Waals surface area contributed by atoms with E-state index in [9.17, 15) is 4.79 Å². The van der Waals surface area contributed by atoms with Crippen molar-refractivity contribution in [3.05, 3.63) is 60.4 Å². The van der Waals surface area contributed by atoms with Crippen LogP contribution >= 0.6 is 0 Å². The molecule has 0 fully saturated rings. The minimum absolute atomic E-state index is 0.270. The van der Waals surface area contributed by atoms with Crippen molar-refractivity contribution in [1.29, 1.82) is 0 Å². The van der Waals surface area contributed by atoms with Gasteiger partial charge in [-0.15, -0.1) is 0 Å². The molecule has 1 amide bonds. The Morgan fingerprint density at radius 2 is 1.82 bits per heavy atom. The first-order valence-electron chi connectivity index (χ1n) is 8.68. The number of carbonyl (C=O) groups is 1. The van der Waals surface area contributed by atoms with E-state index in [0.29, 0.717) is 11.5 Å². The minimum atomic E-state index is -1.04. The van der Waals surface area contributed by atoms with Gasteiger partial charge in [-0.05, 0) is 29.8 Å². The van der Waals surface area contributed by atoms with Crippen LogP contribution in [0.2, 0.25) is 0 Å². The average molecular weight is 377 g/mol. The molecule has 2 aromatic heterocycles. The number of rotatable bonds is 5. The van der Waals surface area contributed by atoms with Gasteiger partial charge < -0.3 is 24.5 Å². The number of methoxy groups -OCH3 is 2. The van der Waals surface area contributed by atoms with Crippen LogP contribution in [0, 0.1) is 0 Å². The Kier molecular flexibility index (Phi) is 4.49. The summed E-state index contributed by atoms with van der Waals surface area (Å²) in [5.74, 6) is 1.28. The van der Waals surface area contributed by atoms with Gasteiger partial charge in [0.1, 0.15) is 0 Å². The number of ether oxygens (including phenoxy) is 2. The van der Waals surface area contributed by atoms with Crippen LogP contribution in [0.15, 0.2) is 54.9 Å². The molecule has 0 aliphatic rings. The van der Waals surface area contributed by atoms with E-state index in [1.807, 2.05) is 54.9 Å². The van der Waals surface area contributed by atoms with Crippen LogP contribution in [-0.4, -0.2) is 35.0 Å². The van der Waals surface area contributed by atoms with Crippen LogP contribution < -0.4 is 14.8 Å². The van der Waals surface area contributed by atoms with Crippen LogP contribution in [0.1, 0.15) is 5.56 Å². The zero-order chi connectivity index (χ0) is 19.7. The number of nitrogens with zero attached hydrogens (tertiary/aromatic N) is 2. The molecular weight excluding hydrogens is 358 g/mol. The van der Waals surface area contributed by atoms with Gasteiger partial charge in [0.2, 0.25) is 0 Å². The number of amides is 1. The molecule has 28 heavy (non-hydrogen) atoms. The van der Waals surface area contributed by atoms with E-state index in [2.05, 4.69) is 14.9 Å². The van der Waals surface area contributed by atoms with Gasteiger partial charge in [-0.2, -0.15) is 0 Å². The predicted octanol–water partition coefficient (Wildman–Crippen LogP) is 3.96. The first-order valence-corrected chi connectivity index (χ1v) is 8.68. The Labute approximate surface area is 161 Å². The van der Waals surface area contributed by atoms with Crippen molar-refractivity contribution in [3.8, 4) is 17.2 Å². The van der Waals surface area contributed by atoms with E-state index in [4.69, 9.17) is 14.6 Å². The summed E-state index contributed by atoms with van der Waals surface area (Å²) in [6.07, 6.45) is 2.79. The van der Waals surface area contributed by atoms with Crippen LogP contribution in [-0.2, 0) is 6.54 Å². The van der Waals surface area contributed by atoms with Gasteiger partial charge in [-0.25, -0.2) is 4.79 Å². The topological polar surface area (TPSA) is 85.6 Å². The number of aromatic nitrogens is 2. The molecule has 4 aromatic rings. The molecule has 0 unspecified atom stereocenters. The molecule has 7 heteroatoms. The van der Waals surface area contributed by atoms with Gasteiger partial charge in [-0.3, -0.25) is 4.98 Å². The molecular formula is C21H19N3O4. The van der Waals surface area contributed by atoms with Gasteiger partial charge in [0.05, 0.1) is 25.3 Å². The van der Waals surface area contributed by atoms with Crippen LogP contribution in [0.25, 0.3) is 27.5 Å². The quantitative estimate of drug-likeness (QED) is 0.550. The Hall–Kier alpha value is -3.74. The number of hydrogen-bond acceptors (Lipinski definition) is 4. The van der Waals surface area contributed by atoms with Crippen molar-refractivity contribution in [2.24, 2.45) is 0 Å². The molecule has 2 N–H and O–H groups in total. The maximum atomic E-state index is 10.7. The van der Waals surface area contributed by atoms with Crippen molar-refractivity contribution >= 4 is 27.9 Å². The SMILES string of the molecule is COc1cc2ncc3ccn(-c4ccc(CNC(=O)O)cc4)c3c2cc1OC. The van der Waals surface area contributed by atoms with Gasteiger partial charge >= 0.3 is 6.09 Å². The van der Waals surface area contributed by atoms with Crippen molar-refractivity contribution < 1.29 is 19.4 Å². The first kappa shape index (κ1) is 17.7. The van der Waals surface area contributed by atoms with Crippen molar-refractivity contribution in [1.82, 2.24) is 14.9 Å². The summed E-state index contributed by atoms with van der Waals surface area (Å²) in [7, 11) is 3.21. The van der Waals surface area contributed by atoms with Gasteiger partial charge in [0.25, 0.3) is 0 Å². The number of carboxylic acid groups (broad SMARTS) is 1. The first-order chi connectivity index (χ1) is 13.6. The molecule has 0 spiro atoms. The third-order valence-electron chi connectivity index (χ3n) is 4.68. The highest BCUT2D eigenvalue weighted by Crippen LogP contribution is 2.35. The van der Waals surface area contributed by atoms with Gasteiger partial charge in [0.15, 0.2) is 11.5 Å². The summed E-state index contributed by atoms with van der Waals surface area (Å²) >= 11 is 0. The summed E-state index contributed by atoms with van der Waals surface area (Å²) in [6, 6.07) is 13.6. The lowest BCUT2D eigenvalue weighted by atomic mass is 10.1. The number of benzene rings is 2. The third-order valence-corrected chi connectivity index (χ3v) is 4.68. The lowest BCUT2D eigenvalue weighted by Gasteiger charge is -2.12. The van der Waals surface area contributed by atoms with Crippen LogP contribution in [0.4, 0.5) is 4.79 Å². The molecule has 7 nitrogen and oxygen atoms in total. The fourth-order valence-electron chi connectivity index (χ4n) is 3.31. The summed E-state index contributed by atoms with van der Waals surface area (Å²) in [6.45, 7) is 0.270. The predicted molar refractivity (Wildman–Crippen MR) is 107 cm³/mol. The highest BCUT2D eigenvalue weighted by atomic mass is 16.5. The molecule has 0 atom stereocenters. The number of pyridine rings is 1. The molecule has 4 rings (SSSR count). The summed E-state index contributed by atoms with van der Waals surface area (Å²) in [4.78, 5) is 15.2. The molecule has 0 saturated carbocycles. The fraction of sp³-hybridized carbons (Fsp3) is 0.143. The second kappa shape index (κ2) is 7.11. The fourth-order valence-corrected chi connectivity index (χ4v) is 3.31. The standard InChI is InChI=1S/C21H19N3O4/c1-27-18-9-16-17(10-19(18)28-2)22-12-14-7-8-24(20(14)16)15-5-3-13(4-6-15)11-23-21(25)26/h3-10,12,23H,11H2,1-2H3,(H,25,26). The van der Waals surface area contributed by atoms with E-state index in [0.717, 1.165) is 33.1 Å². The number of nitrogens with one attached hydrogen (secondary N) is 1. The van der Waals surface area contributed by atoms with E-state index in [1.54, 1.807) is 14.2 Å². The lowest BCUT2D eigenvalue weighted by molar-refractivity contribution is 0.194. The molecule has 142 valence electrons. The Morgan fingerprint density at radius 1 is 1.11 bits per heavy atom. The molecule has 0 aliphatic carbocycles. The van der Waals surface area contributed by atoms with Gasteiger partial charge in [-0.1, -0.05) is 12.1 Å². The molecule has 2 heterocycles. The maximum absolute atomic E-state index is 10.7. The Bertz CT molecular complexity index is 1170. The minimum Gasteiger partial charge on any atom is -0.493 e. The zero-order valence-corrected chi connectivity index (χ0v) is 15.5. The lowest BCUT2D eigenvalue weighted by Crippen LogP contribution is -2.19. The molecule has 0 aliphatic heterocycles. The van der Waals surface area contributed by atoms with E-state index in [1.165, 1.54) is 0 Å². The second-order valence-corrected chi connectivity index (χ2v) is 6.30. The van der Waals surface area contributed by atoms with Crippen molar-refractivity contribution in [3.63, 3.8) is 0 Å². The third kappa shape index (κ3) is 3.07. The molecule has 0 bridgehead atoms. The zero-order valence-electron chi connectivity index (χ0n) is 15.5. The summed E-state index contributed by atoms with van der Waals surface area (Å²) in [5, 5.41) is 13.1. The molecule has 0 saturated heterocycles. The smallest absolute Gasteiger partial charge is 0.404 e. The Morgan fingerprint density at radius 3 is 2.50 bits per heavy atom. The van der Waals surface area contributed by atoms with Crippen molar-refractivity contribution in [2.45, 2.75) is 6.54 Å². The number of hydrogen-bond donors (Lipinski definition) is 2. The Balaban J connectivity index is 1.83. The summed E-state index contributed by atoms with van der Waals surface area (Å²) in [5.41, 5.74) is 3.69. The normalized spacial score (nSPS) is 10.9. The monoisotopic (exact) mass is 377 g/mol. The van der Waals surface area contributed by atoms with Crippen molar-refractivity contribution in [2.75, 3.05) is 14.2 Å². The molecule has 0 radical (unpaired) electrons. The van der Waals surface area contributed by atoms with E-state index < -0.39 is 6.09 Å². The summed E-state index contributed by atoms with van der Waals surface area (Å²) < 4.78 is 12.9. The largest absolute Gasteiger partial charge is 0.493 e. The van der Waals surface area contributed by atoms with Crippen LogP contribution in [0.3, 0.4) is 0 Å². The number of fused-ring (bicyclic) bond motifs is 3. The molecule has 2 aromatic carbocycles. The van der Waals surface area contributed by atoms with E-state index in [-0.39, 0.29) is 6.54 Å². The van der Waals surface area contributed by atoms with E-state index >= 15 is 0 Å².